The van der Waals surface area contributed by atoms with Gasteiger partial charge >= 0.3 is 0 Å². The van der Waals surface area contributed by atoms with Gasteiger partial charge in [-0.25, -0.2) is 0 Å². The molecule has 0 amide bonds. The summed E-state index contributed by atoms with van der Waals surface area (Å²) in [5.74, 6) is 3.83. The van der Waals surface area contributed by atoms with Crippen molar-refractivity contribution in [2.45, 2.75) is 0 Å². The Kier molecular flexibility index (Phi) is 8.74. The van der Waals surface area contributed by atoms with Crippen LogP contribution in [-0.2, 0) is 9.47 Å². The van der Waals surface area contributed by atoms with Gasteiger partial charge in [-0.05, 0) is 24.3 Å². The summed E-state index contributed by atoms with van der Waals surface area (Å²) in [5, 5.41) is 0. The Morgan fingerprint density at radius 1 is 0.500 bits per heavy atom. The van der Waals surface area contributed by atoms with Crippen LogP contribution in [0.5, 0.6) is 34.5 Å². The maximum atomic E-state index is 5.81. The highest BCUT2D eigenvalue weighted by molar-refractivity contribution is 5.46. The second-order valence-electron chi connectivity index (χ2n) is 6.24. The van der Waals surface area contributed by atoms with E-state index in [4.69, 9.17) is 37.9 Å². The van der Waals surface area contributed by atoms with Crippen molar-refractivity contribution >= 4 is 0 Å². The number of hydrogen-bond donors (Lipinski definition) is 0. The first-order chi connectivity index (χ1) is 14.8. The molecule has 0 unspecified atom stereocenters. The van der Waals surface area contributed by atoms with Gasteiger partial charge in [0, 0.05) is 12.1 Å². The zero-order chi connectivity index (χ0) is 21.0. The third-order valence-corrected chi connectivity index (χ3v) is 4.24. The normalized spacial score (nSPS) is 16.1. The van der Waals surface area contributed by atoms with E-state index in [-0.39, 0.29) is 0 Å². The average Bonchev–Trinajstić information content (AvgIpc) is 2.78. The van der Waals surface area contributed by atoms with E-state index in [0.29, 0.717) is 87.4 Å². The molecule has 1 aliphatic heterocycles. The highest BCUT2D eigenvalue weighted by atomic mass is 16.6. The molecule has 0 radical (unpaired) electrons. The summed E-state index contributed by atoms with van der Waals surface area (Å²) < 4.78 is 44.9. The minimum absolute atomic E-state index is 0.372. The Morgan fingerprint density at radius 3 is 1.23 bits per heavy atom. The van der Waals surface area contributed by atoms with Crippen LogP contribution in [0.1, 0.15) is 0 Å². The molecule has 0 aliphatic carbocycles. The molecule has 0 saturated carbocycles. The van der Waals surface area contributed by atoms with E-state index in [9.17, 15) is 0 Å². The van der Waals surface area contributed by atoms with Crippen molar-refractivity contribution in [3.8, 4) is 34.5 Å². The fourth-order valence-corrected chi connectivity index (χ4v) is 2.74. The lowest BCUT2D eigenvalue weighted by molar-refractivity contribution is 0.0639. The Labute approximate surface area is 176 Å². The molecule has 2 aromatic carbocycles. The molecule has 0 bridgehead atoms. The maximum Gasteiger partial charge on any atom is 0.164 e. The van der Waals surface area contributed by atoms with E-state index >= 15 is 0 Å². The average molecular weight is 420 g/mol. The summed E-state index contributed by atoms with van der Waals surface area (Å²) in [6, 6.07) is 10.8. The number of ether oxygens (including phenoxy) is 8. The van der Waals surface area contributed by atoms with Crippen LogP contribution < -0.4 is 28.4 Å². The van der Waals surface area contributed by atoms with Crippen LogP contribution in [0, 0.1) is 0 Å². The minimum Gasteiger partial charge on any atom is -0.497 e. The van der Waals surface area contributed by atoms with Gasteiger partial charge in [-0.2, -0.15) is 0 Å². The van der Waals surface area contributed by atoms with Crippen molar-refractivity contribution in [2.75, 3.05) is 67.1 Å². The lowest BCUT2D eigenvalue weighted by Gasteiger charge is -2.16. The number of benzene rings is 2. The smallest absolute Gasteiger partial charge is 0.164 e. The fraction of sp³-hybridized carbons (Fsp3) is 0.455. The molecule has 164 valence electrons. The van der Waals surface area contributed by atoms with E-state index in [1.807, 2.05) is 24.3 Å². The summed E-state index contributed by atoms with van der Waals surface area (Å²) in [6.45, 7) is 3.16. The zero-order valence-corrected chi connectivity index (χ0v) is 17.4. The lowest BCUT2D eigenvalue weighted by Crippen LogP contribution is -2.15. The quantitative estimate of drug-likeness (QED) is 0.734. The van der Waals surface area contributed by atoms with Crippen LogP contribution in [0.15, 0.2) is 36.4 Å². The van der Waals surface area contributed by atoms with Gasteiger partial charge < -0.3 is 37.9 Å². The molecule has 8 nitrogen and oxygen atoms in total. The molecule has 0 spiro atoms. The topological polar surface area (TPSA) is 73.8 Å². The van der Waals surface area contributed by atoms with Crippen molar-refractivity contribution in [1.82, 2.24) is 0 Å². The predicted octanol–water partition coefficient (Wildman–Crippen LogP) is 2.97. The van der Waals surface area contributed by atoms with Gasteiger partial charge in [-0.15, -0.1) is 0 Å². The van der Waals surface area contributed by atoms with Gasteiger partial charge in [-0.3, -0.25) is 0 Å². The molecule has 1 aliphatic rings. The summed E-state index contributed by atoms with van der Waals surface area (Å²) in [7, 11) is 3.22. The Morgan fingerprint density at radius 2 is 0.867 bits per heavy atom. The van der Waals surface area contributed by atoms with Gasteiger partial charge in [0.05, 0.1) is 40.6 Å². The van der Waals surface area contributed by atoms with Crippen LogP contribution in [0.4, 0.5) is 0 Å². The van der Waals surface area contributed by atoms with Gasteiger partial charge in [0.15, 0.2) is 23.0 Å². The largest absolute Gasteiger partial charge is 0.497 e. The molecule has 0 saturated heterocycles. The fourth-order valence-electron chi connectivity index (χ4n) is 2.74. The minimum atomic E-state index is 0.372. The van der Waals surface area contributed by atoms with Crippen molar-refractivity contribution in [3.63, 3.8) is 0 Å². The monoisotopic (exact) mass is 420 g/mol. The predicted molar refractivity (Wildman–Crippen MR) is 110 cm³/mol. The Bertz CT molecular complexity index is 714. The second-order valence-corrected chi connectivity index (χ2v) is 6.24. The van der Waals surface area contributed by atoms with Crippen LogP contribution in [0.3, 0.4) is 0 Å². The van der Waals surface area contributed by atoms with Crippen molar-refractivity contribution in [1.29, 1.82) is 0 Å². The zero-order valence-electron chi connectivity index (χ0n) is 17.4. The van der Waals surface area contributed by atoms with E-state index in [1.165, 1.54) is 0 Å². The van der Waals surface area contributed by atoms with E-state index in [0.717, 1.165) is 0 Å². The molecule has 30 heavy (non-hydrogen) atoms. The van der Waals surface area contributed by atoms with Crippen molar-refractivity contribution in [3.05, 3.63) is 36.4 Å². The number of fused-ring (bicyclic) bond motifs is 2. The van der Waals surface area contributed by atoms with Crippen LogP contribution >= 0.6 is 0 Å². The maximum absolute atomic E-state index is 5.81. The van der Waals surface area contributed by atoms with Gasteiger partial charge in [0.25, 0.3) is 0 Å². The second kappa shape index (κ2) is 12.0. The van der Waals surface area contributed by atoms with E-state index in [1.54, 1.807) is 26.4 Å². The third-order valence-electron chi connectivity index (χ3n) is 4.24. The summed E-state index contributed by atoms with van der Waals surface area (Å²) in [4.78, 5) is 0. The van der Waals surface area contributed by atoms with Gasteiger partial charge in [0.1, 0.15) is 37.9 Å². The summed E-state index contributed by atoms with van der Waals surface area (Å²) in [6.07, 6.45) is 0. The van der Waals surface area contributed by atoms with E-state index in [2.05, 4.69) is 0 Å². The first-order valence-electron chi connectivity index (χ1n) is 9.83. The van der Waals surface area contributed by atoms with Crippen LogP contribution in [-0.4, -0.2) is 67.1 Å². The first kappa shape index (κ1) is 21.9. The van der Waals surface area contributed by atoms with Gasteiger partial charge in [0.2, 0.25) is 0 Å². The summed E-state index contributed by atoms with van der Waals surface area (Å²) >= 11 is 0. The highest BCUT2D eigenvalue weighted by Gasteiger charge is 2.10. The molecular weight excluding hydrogens is 392 g/mol. The first-order valence-corrected chi connectivity index (χ1v) is 9.83. The number of rotatable bonds is 2. The molecule has 0 N–H and O–H groups in total. The summed E-state index contributed by atoms with van der Waals surface area (Å²) in [5.41, 5.74) is 0. The molecule has 2 aromatic rings. The molecule has 0 aromatic heterocycles. The third kappa shape index (κ3) is 6.60. The molecule has 0 atom stereocenters. The SMILES string of the molecule is COc1ccc2c(c1)OCCOCCOc1ccc(OC)cc1OCCOCCO2. The number of hydrogen-bond acceptors (Lipinski definition) is 8. The number of methoxy groups -OCH3 is 2. The molecule has 8 heteroatoms. The van der Waals surface area contributed by atoms with Crippen molar-refractivity contribution in [2.24, 2.45) is 0 Å². The Hall–Kier alpha value is -2.84. The Balaban J connectivity index is 1.61. The lowest BCUT2D eigenvalue weighted by atomic mass is 10.3. The molecule has 1 heterocycles. The molecule has 3 rings (SSSR count). The highest BCUT2D eigenvalue weighted by Crippen LogP contribution is 2.32. The molecule has 0 fully saturated rings. The van der Waals surface area contributed by atoms with Gasteiger partial charge in [-0.1, -0.05) is 0 Å². The van der Waals surface area contributed by atoms with Crippen LogP contribution in [0.2, 0.25) is 0 Å². The standard InChI is InChI=1S/C22H28O8/c1-23-17-3-5-19-21(15-17)29-13-9-25-8-12-28-20-6-4-18(24-2)16-22(20)30-14-10-26-7-11-27-19/h3-6,15-16H,7-14H2,1-2H3. The molecular formula is C22H28O8. The van der Waals surface area contributed by atoms with Crippen molar-refractivity contribution < 1.29 is 37.9 Å². The van der Waals surface area contributed by atoms with E-state index < -0.39 is 0 Å². The van der Waals surface area contributed by atoms with Crippen LogP contribution in [0.25, 0.3) is 0 Å².